The van der Waals surface area contributed by atoms with Gasteiger partial charge in [0.05, 0.1) is 18.0 Å². The summed E-state index contributed by atoms with van der Waals surface area (Å²) in [6, 6.07) is 9.38. The summed E-state index contributed by atoms with van der Waals surface area (Å²) in [5.41, 5.74) is 8.21. The molecule has 2 heterocycles. The molecule has 0 amide bonds. The zero-order valence-electron chi connectivity index (χ0n) is 14.4. The smallest absolute Gasteiger partial charge is 0.145 e. The molecule has 0 aliphatic heterocycles. The number of anilines is 3. The van der Waals surface area contributed by atoms with Crippen molar-refractivity contribution < 1.29 is 9.57 Å². The monoisotopic (exact) mass is 350 g/mol. The lowest BCUT2D eigenvalue weighted by molar-refractivity contribution is 0.215. The van der Waals surface area contributed by atoms with E-state index in [1.165, 1.54) is 19.7 Å². The fourth-order valence-corrected chi connectivity index (χ4v) is 2.25. The van der Waals surface area contributed by atoms with Gasteiger partial charge in [-0.25, -0.2) is 9.97 Å². The molecule has 0 saturated carbocycles. The van der Waals surface area contributed by atoms with Gasteiger partial charge in [-0.05, 0) is 42.8 Å². The highest BCUT2D eigenvalue weighted by Gasteiger charge is 2.09. The van der Waals surface area contributed by atoms with Gasteiger partial charge in [0.1, 0.15) is 36.6 Å². The topological polar surface area (TPSA) is 108 Å². The fraction of sp³-hybridized carbons (Fsp3) is 0.111. The second kappa shape index (κ2) is 7.93. The lowest BCUT2D eigenvalue weighted by Crippen LogP contribution is -2.05. The number of oxime groups is 1. The van der Waals surface area contributed by atoms with Crippen LogP contribution in [-0.2, 0) is 4.84 Å². The molecule has 3 rings (SSSR count). The van der Waals surface area contributed by atoms with Crippen molar-refractivity contribution in [3.63, 3.8) is 0 Å². The van der Waals surface area contributed by atoms with E-state index in [2.05, 4.69) is 25.4 Å². The summed E-state index contributed by atoms with van der Waals surface area (Å²) in [5.74, 6) is 2.25. The van der Waals surface area contributed by atoms with Gasteiger partial charge in [0.2, 0.25) is 0 Å². The Morgan fingerprint density at radius 1 is 1.23 bits per heavy atom. The molecule has 0 aliphatic rings. The summed E-state index contributed by atoms with van der Waals surface area (Å²) in [6.07, 6.45) is 6.21. The molecule has 0 saturated heterocycles. The maximum atomic E-state index is 5.89. The van der Waals surface area contributed by atoms with E-state index in [0.29, 0.717) is 22.9 Å². The molecule has 3 N–H and O–H groups in total. The number of hydrogen-bond donors (Lipinski definition) is 2. The lowest BCUT2D eigenvalue weighted by Gasteiger charge is -2.12. The Morgan fingerprint density at radius 3 is 2.85 bits per heavy atom. The van der Waals surface area contributed by atoms with Crippen LogP contribution in [0.25, 0.3) is 0 Å². The third-order valence-corrected chi connectivity index (χ3v) is 3.50. The van der Waals surface area contributed by atoms with Gasteiger partial charge in [0.25, 0.3) is 0 Å². The molecule has 8 nitrogen and oxygen atoms in total. The van der Waals surface area contributed by atoms with Crippen molar-refractivity contribution in [1.82, 2.24) is 15.0 Å². The van der Waals surface area contributed by atoms with Crippen LogP contribution in [0.2, 0.25) is 0 Å². The maximum absolute atomic E-state index is 5.89. The van der Waals surface area contributed by atoms with Crippen LogP contribution in [0.3, 0.4) is 0 Å². The minimum absolute atomic E-state index is 0.302. The molecule has 2 aromatic heterocycles. The molecule has 3 aromatic rings. The second-order valence-electron chi connectivity index (χ2n) is 5.33. The number of nitrogens with two attached hydrogens (primary N) is 1. The molecule has 0 fully saturated rings. The predicted octanol–water partition coefficient (Wildman–Crippen LogP) is 3.28. The quantitative estimate of drug-likeness (QED) is 0.519. The van der Waals surface area contributed by atoms with E-state index in [-0.39, 0.29) is 0 Å². The fourth-order valence-electron chi connectivity index (χ4n) is 2.25. The van der Waals surface area contributed by atoms with Gasteiger partial charge < -0.3 is 20.6 Å². The van der Waals surface area contributed by atoms with E-state index in [1.54, 1.807) is 12.4 Å². The lowest BCUT2D eigenvalue weighted by atomic mass is 10.2. The third-order valence-electron chi connectivity index (χ3n) is 3.50. The summed E-state index contributed by atoms with van der Waals surface area (Å²) in [5, 5.41) is 6.94. The number of aryl methyl sites for hydroxylation is 1. The van der Waals surface area contributed by atoms with Crippen molar-refractivity contribution in [2.24, 2.45) is 5.16 Å². The number of aromatic nitrogens is 3. The first-order valence-electron chi connectivity index (χ1n) is 7.80. The minimum Gasteiger partial charge on any atom is -0.455 e. The first kappa shape index (κ1) is 17.2. The van der Waals surface area contributed by atoms with Crippen LogP contribution >= 0.6 is 0 Å². The zero-order valence-corrected chi connectivity index (χ0v) is 14.4. The molecule has 0 spiro atoms. The normalized spacial score (nSPS) is 10.7. The molecule has 132 valence electrons. The second-order valence-corrected chi connectivity index (χ2v) is 5.33. The standard InChI is InChI=1S/C18H18N6O2/c1-12-8-13(5-6-16(12)26-14-4-3-7-20-9-14)24-18-15(10-23-25-2)17(19)21-11-22-18/h3-11H,1-2H3,(H3,19,21,22,24). The third kappa shape index (κ3) is 4.04. The van der Waals surface area contributed by atoms with Gasteiger partial charge in [-0.1, -0.05) is 5.16 Å². The molecular formula is C18H18N6O2. The van der Waals surface area contributed by atoms with E-state index < -0.39 is 0 Å². The van der Waals surface area contributed by atoms with Crippen LogP contribution in [0.5, 0.6) is 11.5 Å². The molecule has 8 heteroatoms. The first-order chi connectivity index (χ1) is 12.7. The molecule has 0 bridgehead atoms. The van der Waals surface area contributed by atoms with E-state index >= 15 is 0 Å². The highest BCUT2D eigenvalue weighted by Crippen LogP contribution is 2.28. The van der Waals surface area contributed by atoms with Crippen molar-refractivity contribution in [3.8, 4) is 11.5 Å². The molecule has 0 radical (unpaired) electrons. The van der Waals surface area contributed by atoms with Crippen LogP contribution in [0, 0.1) is 6.92 Å². The van der Waals surface area contributed by atoms with Gasteiger partial charge in [-0.3, -0.25) is 4.98 Å². The van der Waals surface area contributed by atoms with E-state index in [4.69, 9.17) is 15.3 Å². The van der Waals surface area contributed by atoms with Crippen LogP contribution in [0.15, 0.2) is 54.2 Å². The summed E-state index contributed by atoms with van der Waals surface area (Å²) < 4.78 is 5.84. The molecule has 1 aromatic carbocycles. The number of nitrogens with zero attached hydrogens (tertiary/aromatic N) is 4. The van der Waals surface area contributed by atoms with Crippen molar-refractivity contribution in [2.45, 2.75) is 6.92 Å². The van der Waals surface area contributed by atoms with Crippen molar-refractivity contribution in [1.29, 1.82) is 0 Å². The van der Waals surface area contributed by atoms with E-state index in [9.17, 15) is 0 Å². The Morgan fingerprint density at radius 2 is 2.12 bits per heavy atom. The van der Waals surface area contributed by atoms with Crippen LogP contribution < -0.4 is 15.8 Å². The Hall–Kier alpha value is -3.68. The average Bonchev–Trinajstić information content (AvgIpc) is 2.64. The molecule has 0 atom stereocenters. The molecule has 0 aliphatic carbocycles. The Kier molecular flexibility index (Phi) is 5.23. The summed E-state index contributed by atoms with van der Waals surface area (Å²) in [7, 11) is 1.45. The minimum atomic E-state index is 0.302. The van der Waals surface area contributed by atoms with Crippen molar-refractivity contribution in [2.75, 3.05) is 18.2 Å². The largest absolute Gasteiger partial charge is 0.455 e. The van der Waals surface area contributed by atoms with Crippen molar-refractivity contribution >= 4 is 23.5 Å². The number of pyridine rings is 1. The average molecular weight is 350 g/mol. The molecule has 0 unspecified atom stereocenters. The maximum Gasteiger partial charge on any atom is 0.145 e. The Balaban J connectivity index is 1.82. The number of benzene rings is 1. The molecule has 26 heavy (non-hydrogen) atoms. The van der Waals surface area contributed by atoms with Gasteiger partial charge in [-0.2, -0.15) is 0 Å². The Labute approximate surface area is 150 Å². The summed E-state index contributed by atoms with van der Waals surface area (Å²) >= 11 is 0. The van der Waals surface area contributed by atoms with Crippen LogP contribution in [0.1, 0.15) is 11.1 Å². The summed E-state index contributed by atoms with van der Waals surface area (Å²) in [4.78, 5) is 16.9. The molecular weight excluding hydrogens is 332 g/mol. The number of nitrogens with one attached hydrogen (secondary N) is 1. The van der Waals surface area contributed by atoms with Crippen LogP contribution in [0.4, 0.5) is 17.3 Å². The van der Waals surface area contributed by atoms with Gasteiger partial charge in [-0.15, -0.1) is 0 Å². The number of ether oxygens (including phenoxy) is 1. The highest BCUT2D eigenvalue weighted by molar-refractivity contribution is 5.92. The zero-order chi connectivity index (χ0) is 18.4. The number of rotatable bonds is 6. The van der Waals surface area contributed by atoms with Crippen molar-refractivity contribution in [3.05, 3.63) is 60.2 Å². The first-order valence-corrected chi connectivity index (χ1v) is 7.80. The van der Waals surface area contributed by atoms with E-state index in [0.717, 1.165) is 17.0 Å². The SMILES string of the molecule is CON=Cc1c(N)ncnc1Nc1ccc(Oc2cccnc2)c(C)c1. The number of hydrogen-bond acceptors (Lipinski definition) is 8. The van der Waals surface area contributed by atoms with Gasteiger partial charge in [0.15, 0.2) is 0 Å². The predicted molar refractivity (Wildman–Crippen MR) is 99.8 cm³/mol. The van der Waals surface area contributed by atoms with Crippen LogP contribution in [-0.4, -0.2) is 28.3 Å². The Bertz CT molecular complexity index is 915. The van der Waals surface area contributed by atoms with E-state index in [1.807, 2.05) is 37.3 Å². The number of nitrogen functional groups attached to an aromatic ring is 1. The summed E-state index contributed by atoms with van der Waals surface area (Å²) in [6.45, 7) is 1.96. The van der Waals surface area contributed by atoms with Gasteiger partial charge in [0, 0.05) is 11.9 Å². The highest BCUT2D eigenvalue weighted by atomic mass is 16.6. The van der Waals surface area contributed by atoms with Gasteiger partial charge >= 0.3 is 0 Å².